The van der Waals surface area contributed by atoms with Crippen molar-refractivity contribution in [2.45, 2.75) is 179 Å². The highest BCUT2D eigenvalue weighted by molar-refractivity contribution is 8.76. The molecule has 3 aliphatic carbocycles. The van der Waals surface area contributed by atoms with Gasteiger partial charge in [0.2, 0.25) is 0 Å². The minimum absolute atomic E-state index is 0.196. The average molecular weight is 832 g/mol. The molecule has 5 atom stereocenters. The van der Waals surface area contributed by atoms with Crippen molar-refractivity contribution >= 4 is 39.5 Å². The summed E-state index contributed by atoms with van der Waals surface area (Å²) in [5, 5.41) is 0.916. The Kier molecular flexibility index (Phi) is 13.4. The number of aromatic nitrogens is 1. The summed E-state index contributed by atoms with van der Waals surface area (Å²) in [6.07, 6.45) is 7.54. The van der Waals surface area contributed by atoms with E-state index in [0.29, 0.717) is 31.6 Å². The molecule has 3 fully saturated rings. The van der Waals surface area contributed by atoms with Crippen LogP contribution in [0.1, 0.15) is 163 Å². The molecule has 0 N–H and O–H groups in total. The van der Waals surface area contributed by atoms with Gasteiger partial charge < -0.3 is 18.9 Å². The summed E-state index contributed by atoms with van der Waals surface area (Å²) in [5.74, 6) is -0.0306. The number of hydrogen-bond donors (Lipinski definition) is 0. The van der Waals surface area contributed by atoms with Crippen molar-refractivity contribution in [3.63, 3.8) is 0 Å². The number of rotatable bonds is 20. The standard InChI is InChI=1S/C47H77NO7S2/c1-18-19-20-23-26-52-35(50)47(42(14,15)43(16)30-45(43,37(2,3)4)36(51)55-40(10,11)32-54-38(5,6)7)31-44(47,17)41(12,13)46(29-39(46,8)9)34(49)53-27-28-56-57-33-24-21-22-25-48-33/h21-22,24-25H,18-20,23,26-32H2,1-17H3. The second-order valence-electron chi connectivity index (χ2n) is 22.3. The van der Waals surface area contributed by atoms with Crippen molar-refractivity contribution in [2.24, 2.45) is 48.7 Å². The molecule has 0 aromatic carbocycles. The van der Waals surface area contributed by atoms with Crippen LogP contribution in [0.15, 0.2) is 29.4 Å². The molecule has 0 amide bonds. The Morgan fingerprint density at radius 1 is 0.702 bits per heavy atom. The van der Waals surface area contributed by atoms with Crippen LogP contribution in [0, 0.1) is 48.7 Å². The molecular weight excluding hydrogens is 755 g/mol. The van der Waals surface area contributed by atoms with Gasteiger partial charge in [-0.2, -0.15) is 0 Å². The van der Waals surface area contributed by atoms with Crippen LogP contribution in [0.5, 0.6) is 0 Å². The zero-order chi connectivity index (χ0) is 43.4. The Balaban J connectivity index is 1.70. The molecule has 3 aliphatic rings. The third kappa shape index (κ3) is 8.09. The van der Waals surface area contributed by atoms with Gasteiger partial charge in [-0.3, -0.25) is 14.4 Å². The zero-order valence-corrected chi connectivity index (χ0v) is 40.3. The fourth-order valence-corrected chi connectivity index (χ4v) is 12.9. The predicted molar refractivity (Wildman–Crippen MR) is 233 cm³/mol. The highest BCUT2D eigenvalue weighted by atomic mass is 33.1. The van der Waals surface area contributed by atoms with Gasteiger partial charge in [0, 0.05) is 11.9 Å². The van der Waals surface area contributed by atoms with E-state index in [1.54, 1.807) is 27.8 Å². The van der Waals surface area contributed by atoms with E-state index >= 15 is 4.79 Å². The van der Waals surface area contributed by atoms with Gasteiger partial charge in [-0.15, -0.1) is 0 Å². The Morgan fingerprint density at radius 2 is 1.25 bits per heavy atom. The summed E-state index contributed by atoms with van der Waals surface area (Å²) >= 11 is 0. The third-order valence-electron chi connectivity index (χ3n) is 15.5. The van der Waals surface area contributed by atoms with Crippen LogP contribution < -0.4 is 0 Å². The van der Waals surface area contributed by atoms with E-state index in [2.05, 4.69) is 88.1 Å². The van der Waals surface area contributed by atoms with Crippen LogP contribution in [-0.2, 0) is 33.3 Å². The van der Waals surface area contributed by atoms with E-state index in [1.165, 1.54) is 0 Å². The zero-order valence-electron chi connectivity index (χ0n) is 38.7. The van der Waals surface area contributed by atoms with Gasteiger partial charge in [-0.25, -0.2) is 4.98 Å². The average Bonchev–Trinajstić information content (AvgIpc) is 4.03. The van der Waals surface area contributed by atoms with Gasteiger partial charge in [-0.05, 0) is 116 Å². The lowest BCUT2D eigenvalue weighted by molar-refractivity contribution is -0.186. The Morgan fingerprint density at radius 3 is 1.77 bits per heavy atom. The second-order valence-corrected chi connectivity index (χ2v) is 24.7. The summed E-state index contributed by atoms with van der Waals surface area (Å²) in [5.41, 5.74) is -7.45. The first kappa shape index (κ1) is 47.9. The lowest BCUT2D eigenvalue weighted by atomic mass is 9.52. The number of carbonyl (C=O) groups excluding carboxylic acids is 3. The molecule has 8 nitrogen and oxygen atoms in total. The Labute approximate surface area is 354 Å². The Bertz CT molecular complexity index is 1630. The van der Waals surface area contributed by atoms with Crippen LogP contribution >= 0.6 is 21.6 Å². The van der Waals surface area contributed by atoms with Gasteiger partial charge in [-0.1, -0.05) is 119 Å². The lowest BCUT2D eigenvalue weighted by Crippen LogP contribution is -2.54. The van der Waals surface area contributed by atoms with E-state index < -0.39 is 48.9 Å². The first-order valence-electron chi connectivity index (χ1n) is 21.4. The third-order valence-corrected chi connectivity index (χ3v) is 17.7. The molecule has 1 heterocycles. The molecule has 5 unspecified atom stereocenters. The van der Waals surface area contributed by atoms with Crippen molar-refractivity contribution in [2.75, 3.05) is 25.6 Å². The summed E-state index contributed by atoms with van der Waals surface area (Å²) in [4.78, 5) is 48.9. The SMILES string of the molecule is CCCCCCOC(=O)C1(C(C)(C)C2(C)CC2(C(=O)OC(C)(C)COC(C)(C)C)C(C)(C)C)CC1(C)C(C)(C)C1(C(=O)OCCSSc2ccccn2)CC1(C)C. The van der Waals surface area contributed by atoms with E-state index in [-0.39, 0.29) is 42.1 Å². The van der Waals surface area contributed by atoms with Crippen molar-refractivity contribution in [1.82, 2.24) is 4.98 Å². The van der Waals surface area contributed by atoms with Crippen LogP contribution in [0.25, 0.3) is 0 Å². The molecule has 0 radical (unpaired) electrons. The van der Waals surface area contributed by atoms with Crippen molar-refractivity contribution in [1.29, 1.82) is 0 Å². The molecule has 1 aromatic rings. The van der Waals surface area contributed by atoms with Crippen molar-refractivity contribution in [3.8, 4) is 0 Å². The number of ether oxygens (including phenoxy) is 4. The summed E-state index contributed by atoms with van der Waals surface area (Å²) < 4.78 is 25.1. The maximum Gasteiger partial charge on any atom is 0.313 e. The summed E-state index contributed by atoms with van der Waals surface area (Å²) in [6, 6.07) is 5.82. The van der Waals surface area contributed by atoms with Crippen LogP contribution in [0.4, 0.5) is 0 Å². The number of esters is 3. The second kappa shape index (κ2) is 15.9. The van der Waals surface area contributed by atoms with E-state index in [9.17, 15) is 9.59 Å². The molecule has 3 saturated carbocycles. The lowest BCUT2D eigenvalue weighted by Gasteiger charge is -2.51. The van der Waals surface area contributed by atoms with Crippen molar-refractivity contribution < 1.29 is 33.3 Å². The van der Waals surface area contributed by atoms with Crippen LogP contribution in [-0.4, -0.2) is 59.7 Å². The van der Waals surface area contributed by atoms with Crippen molar-refractivity contribution in [3.05, 3.63) is 24.4 Å². The van der Waals surface area contributed by atoms with Crippen LogP contribution in [0.2, 0.25) is 0 Å². The number of pyridine rings is 1. The first-order chi connectivity index (χ1) is 25.9. The molecule has 324 valence electrons. The largest absolute Gasteiger partial charge is 0.465 e. The highest BCUT2D eigenvalue weighted by Gasteiger charge is 2.93. The van der Waals surface area contributed by atoms with Gasteiger partial charge in [0.15, 0.2) is 0 Å². The molecule has 0 bridgehead atoms. The van der Waals surface area contributed by atoms with Gasteiger partial charge in [0.1, 0.15) is 17.2 Å². The van der Waals surface area contributed by atoms with Gasteiger partial charge in [0.05, 0.1) is 35.1 Å². The normalized spacial score (nSPS) is 29.7. The smallest absolute Gasteiger partial charge is 0.313 e. The number of unbranched alkanes of at least 4 members (excludes halogenated alkanes) is 3. The maximum atomic E-state index is 15.1. The molecule has 0 aliphatic heterocycles. The van der Waals surface area contributed by atoms with E-state index in [1.807, 2.05) is 52.8 Å². The summed E-state index contributed by atoms with van der Waals surface area (Å²) in [6.45, 7) is 36.6. The van der Waals surface area contributed by atoms with E-state index in [0.717, 1.165) is 30.7 Å². The molecule has 4 rings (SSSR count). The predicted octanol–water partition coefficient (Wildman–Crippen LogP) is 11.9. The molecular formula is C47H77NO7S2. The first-order valence-corrected chi connectivity index (χ1v) is 23.7. The monoisotopic (exact) mass is 832 g/mol. The molecule has 0 saturated heterocycles. The molecule has 0 spiro atoms. The fourth-order valence-electron chi connectivity index (χ4n) is 11.2. The molecule has 1 aromatic heterocycles. The van der Waals surface area contributed by atoms with Crippen LogP contribution in [0.3, 0.4) is 0 Å². The number of carbonyl (C=O) groups is 3. The number of nitrogens with zero attached hydrogens (tertiary/aromatic N) is 1. The summed E-state index contributed by atoms with van der Waals surface area (Å²) in [7, 11) is 3.19. The minimum atomic E-state index is -0.984. The quantitative estimate of drug-likeness (QED) is 0.0546. The maximum absolute atomic E-state index is 15.1. The molecule has 10 heteroatoms. The Hall–Kier alpha value is -1.78. The van der Waals surface area contributed by atoms with Gasteiger partial charge in [0.25, 0.3) is 0 Å². The van der Waals surface area contributed by atoms with E-state index in [4.69, 9.17) is 18.9 Å². The highest BCUT2D eigenvalue weighted by Crippen LogP contribution is 2.92. The number of hydrogen-bond acceptors (Lipinski definition) is 10. The van der Waals surface area contributed by atoms with Gasteiger partial charge >= 0.3 is 17.9 Å². The fraction of sp³-hybridized carbons (Fsp3) is 0.830. The molecule has 57 heavy (non-hydrogen) atoms. The topological polar surface area (TPSA) is 101 Å². The minimum Gasteiger partial charge on any atom is -0.465 e.